The van der Waals surface area contributed by atoms with E-state index in [-0.39, 0.29) is 11.9 Å². The van der Waals surface area contributed by atoms with Crippen LogP contribution in [0.4, 0.5) is 0 Å². The highest BCUT2D eigenvalue weighted by Crippen LogP contribution is 2.29. The minimum absolute atomic E-state index is 0.0653. The molecule has 0 spiro atoms. The molecule has 0 fully saturated rings. The molecule has 0 atom stereocenters. The van der Waals surface area contributed by atoms with E-state index in [1.54, 1.807) is 11.3 Å². The summed E-state index contributed by atoms with van der Waals surface area (Å²) in [5, 5.41) is 15.3. The highest BCUT2D eigenvalue weighted by atomic mass is 32.1. The topological polar surface area (TPSA) is 154 Å². The number of thiophene rings is 1. The van der Waals surface area contributed by atoms with Gasteiger partial charge in [0.25, 0.3) is 0 Å². The van der Waals surface area contributed by atoms with E-state index in [1.165, 1.54) is 0 Å². The number of rotatable bonds is 5. The lowest BCUT2D eigenvalue weighted by molar-refractivity contribution is 1.20. The van der Waals surface area contributed by atoms with E-state index in [9.17, 15) is 0 Å². The van der Waals surface area contributed by atoms with Gasteiger partial charge < -0.3 is 22.9 Å². The molecule has 2 rings (SSSR count). The molecule has 0 amide bonds. The SMILES string of the molecule is C/C(=N\N=C(N)N)c1ccc(-c2ccc(/C(C)=N/N=C(N)N)s2)cc1. The van der Waals surface area contributed by atoms with Gasteiger partial charge in [-0.2, -0.15) is 10.2 Å². The molecule has 1 heterocycles. The second-order valence-electron chi connectivity index (χ2n) is 5.16. The molecule has 1 aromatic carbocycles. The molecule has 8 N–H and O–H groups in total. The van der Waals surface area contributed by atoms with Crippen LogP contribution in [0.2, 0.25) is 0 Å². The average molecular weight is 356 g/mol. The molecule has 0 aliphatic rings. The lowest BCUT2D eigenvalue weighted by Gasteiger charge is -2.01. The molecule has 0 aliphatic heterocycles. The van der Waals surface area contributed by atoms with Gasteiger partial charge >= 0.3 is 0 Å². The minimum atomic E-state index is -0.0696. The van der Waals surface area contributed by atoms with Crippen LogP contribution in [0.15, 0.2) is 56.8 Å². The zero-order chi connectivity index (χ0) is 18.4. The number of hydrogen-bond donors (Lipinski definition) is 4. The van der Waals surface area contributed by atoms with Crippen molar-refractivity contribution in [2.45, 2.75) is 13.8 Å². The van der Waals surface area contributed by atoms with E-state index in [0.29, 0.717) is 0 Å². The second kappa shape index (κ2) is 8.06. The van der Waals surface area contributed by atoms with Crippen LogP contribution in [0.1, 0.15) is 24.3 Å². The van der Waals surface area contributed by atoms with Gasteiger partial charge in [-0.05, 0) is 37.1 Å². The van der Waals surface area contributed by atoms with Crippen LogP contribution in [0.25, 0.3) is 10.4 Å². The molecule has 1 aromatic heterocycles. The third kappa shape index (κ3) is 5.15. The third-order valence-electron chi connectivity index (χ3n) is 3.18. The first kappa shape index (κ1) is 18.1. The first-order valence-corrected chi connectivity index (χ1v) is 8.16. The largest absolute Gasteiger partial charge is 0.369 e. The molecule has 8 nitrogen and oxygen atoms in total. The van der Waals surface area contributed by atoms with Gasteiger partial charge in [0, 0.05) is 4.88 Å². The van der Waals surface area contributed by atoms with Crippen LogP contribution >= 0.6 is 11.3 Å². The normalized spacial score (nSPS) is 11.9. The summed E-state index contributed by atoms with van der Waals surface area (Å²) in [5.74, 6) is -0.135. The maximum Gasteiger partial charge on any atom is 0.211 e. The first-order valence-electron chi connectivity index (χ1n) is 7.34. The molecule has 0 saturated carbocycles. The minimum Gasteiger partial charge on any atom is -0.369 e. The summed E-state index contributed by atoms with van der Waals surface area (Å²) < 4.78 is 0. The van der Waals surface area contributed by atoms with Crippen molar-refractivity contribution < 1.29 is 0 Å². The Morgan fingerprint density at radius 1 is 0.720 bits per heavy atom. The monoisotopic (exact) mass is 356 g/mol. The van der Waals surface area contributed by atoms with E-state index < -0.39 is 0 Å². The Kier molecular flexibility index (Phi) is 5.85. The Balaban J connectivity index is 2.21. The fraction of sp³-hybridized carbons (Fsp3) is 0.125. The summed E-state index contributed by atoms with van der Waals surface area (Å²) in [6.07, 6.45) is 0. The maximum absolute atomic E-state index is 5.28. The Hall–Kier alpha value is -3.20. The van der Waals surface area contributed by atoms with Gasteiger partial charge in [-0.15, -0.1) is 21.5 Å². The summed E-state index contributed by atoms with van der Waals surface area (Å²) in [6, 6.07) is 12.0. The van der Waals surface area contributed by atoms with Gasteiger partial charge in [0.15, 0.2) is 0 Å². The highest BCUT2D eigenvalue weighted by Gasteiger charge is 2.06. The van der Waals surface area contributed by atoms with E-state index in [2.05, 4.69) is 20.4 Å². The molecule has 0 aliphatic carbocycles. The van der Waals surface area contributed by atoms with Gasteiger partial charge in [0.1, 0.15) is 0 Å². The number of guanidine groups is 2. The Bertz CT molecular complexity index is 851. The molecule has 2 aromatic rings. The summed E-state index contributed by atoms with van der Waals surface area (Å²) in [4.78, 5) is 2.11. The molecular weight excluding hydrogens is 336 g/mol. The molecule has 25 heavy (non-hydrogen) atoms. The zero-order valence-electron chi connectivity index (χ0n) is 14.0. The van der Waals surface area contributed by atoms with E-state index >= 15 is 0 Å². The summed E-state index contributed by atoms with van der Waals surface area (Å²) >= 11 is 1.61. The van der Waals surface area contributed by atoms with Gasteiger partial charge in [0.2, 0.25) is 11.9 Å². The van der Waals surface area contributed by atoms with Crippen molar-refractivity contribution >= 4 is 34.7 Å². The quantitative estimate of drug-likeness (QED) is 0.363. The lowest BCUT2D eigenvalue weighted by Crippen LogP contribution is -2.22. The highest BCUT2D eigenvalue weighted by molar-refractivity contribution is 7.17. The van der Waals surface area contributed by atoms with Crippen LogP contribution in [0.3, 0.4) is 0 Å². The smallest absolute Gasteiger partial charge is 0.211 e. The van der Waals surface area contributed by atoms with Gasteiger partial charge in [0.05, 0.1) is 16.3 Å². The van der Waals surface area contributed by atoms with Gasteiger partial charge in [-0.3, -0.25) is 0 Å². The predicted octanol–water partition coefficient (Wildman–Crippen LogP) is 1.41. The van der Waals surface area contributed by atoms with Crippen LogP contribution in [-0.4, -0.2) is 23.3 Å². The molecule has 130 valence electrons. The lowest BCUT2D eigenvalue weighted by atomic mass is 10.1. The average Bonchev–Trinajstić information content (AvgIpc) is 3.07. The molecular formula is C16H20N8S. The molecule has 0 saturated heterocycles. The van der Waals surface area contributed by atoms with Crippen molar-refractivity contribution in [1.82, 2.24) is 0 Å². The number of hydrogen-bond acceptors (Lipinski definition) is 5. The summed E-state index contributed by atoms with van der Waals surface area (Å²) in [7, 11) is 0. The summed E-state index contributed by atoms with van der Waals surface area (Å²) in [5.41, 5.74) is 24.6. The predicted molar refractivity (Wildman–Crippen MR) is 106 cm³/mol. The van der Waals surface area contributed by atoms with Crippen molar-refractivity contribution in [3.05, 3.63) is 46.8 Å². The number of nitrogens with two attached hydrogens (primary N) is 4. The fourth-order valence-corrected chi connectivity index (χ4v) is 2.89. The van der Waals surface area contributed by atoms with Gasteiger partial charge in [-0.25, -0.2) is 0 Å². The summed E-state index contributed by atoms with van der Waals surface area (Å²) in [6.45, 7) is 3.70. The number of benzene rings is 1. The fourth-order valence-electron chi connectivity index (χ4n) is 1.94. The Labute approximate surface area is 149 Å². The van der Waals surface area contributed by atoms with Crippen LogP contribution < -0.4 is 22.9 Å². The Morgan fingerprint density at radius 3 is 1.84 bits per heavy atom. The molecule has 0 bridgehead atoms. The third-order valence-corrected chi connectivity index (χ3v) is 4.42. The van der Waals surface area contributed by atoms with Crippen molar-refractivity contribution in [3.8, 4) is 10.4 Å². The van der Waals surface area contributed by atoms with Crippen molar-refractivity contribution in [1.29, 1.82) is 0 Å². The van der Waals surface area contributed by atoms with Crippen molar-refractivity contribution in [2.75, 3.05) is 0 Å². The molecule has 0 radical (unpaired) electrons. The van der Waals surface area contributed by atoms with Crippen LogP contribution in [0.5, 0.6) is 0 Å². The molecule has 9 heteroatoms. The standard InChI is InChI=1S/C16H20N8S/c1-9(21-23-15(17)18)11-3-5-12(6-4-11)14-8-7-13(25-14)10(2)22-24-16(19)20/h3-8H,1-2H3,(H4,17,18,23)(H4,19,20,24)/b21-9+,22-10+. The van der Waals surface area contributed by atoms with E-state index in [4.69, 9.17) is 22.9 Å². The first-order chi connectivity index (χ1) is 11.9. The van der Waals surface area contributed by atoms with E-state index in [0.717, 1.165) is 32.3 Å². The zero-order valence-corrected chi connectivity index (χ0v) is 14.8. The van der Waals surface area contributed by atoms with Gasteiger partial charge in [-0.1, -0.05) is 24.3 Å². The van der Waals surface area contributed by atoms with E-state index in [1.807, 2.05) is 50.2 Å². The Morgan fingerprint density at radius 2 is 1.28 bits per heavy atom. The van der Waals surface area contributed by atoms with Crippen molar-refractivity contribution in [2.24, 2.45) is 43.3 Å². The second-order valence-corrected chi connectivity index (χ2v) is 6.25. The van der Waals surface area contributed by atoms with Crippen LogP contribution in [0, 0.1) is 0 Å². The molecule has 0 unspecified atom stereocenters. The van der Waals surface area contributed by atoms with Crippen molar-refractivity contribution in [3.63, 3.8) is 0 Å². The maximum atomic E-state index is 5.28. The van der Waals surface area contributed by atoms with Crippen LogP contribution in [-0.2, 0) is 0 Å². The number of nitrogens with zero attached hydrogens (tertiary/aromatic N) is 4.